The Morgan fingerprint density at radius 3 is 2.05 bits per heavy atom. The van der Waals surface area contributed by atoms with Crippen LogP contribution in [-0.4, -0.2) is 80.2 Å². The zero-order valence-corrected chi connectivity index (χ0v) is 21.4. The largest absolute Gasteiger partial charge is 0.481 e. The molecular weight excluding hydrogens is 498 g/mol. The first-order valence-electron chi connectivity index (χ1n) is 12.1. The van der Waals surface area contributed by atoms with Crippen molar-refractivity contribution >= 4 is 40.6 Å². The number of rotatable bonds is 14. The zero-order valence-electron chi connectivity index (χ0n) is 21.4. The number of nitrogens with one attached hydrogen (secondary N) is 4. The number of aliphatic hydroxyl groups is 1. The summed E-state index contributed by atoms with van der Waals surface area (Å²) >= 11 is 0. The zero-order chi connectivity index (χ0) is 28.6. The lowest BCUT2D eigenvalue weighted by Gasteiger charge is -2.25. The molecule has 0 aliphatic carbocycles. The number of aromatic amines is 1. The molecular formula is C25H35N5O8. The lowest BCUT2D eigenvalue weighted by Crippen LogP contribution is -2.59. The lowest BCUT2D eigenvalue weighted by atomic mass is 10.0. The van der Waals surface area contributed by atoms with Crippen molar-refractivity contribution in [2.75, 3.05) is 0 Å². The van der Waals surface area contributed by atoms with E-state index in [1.807, 2.05) is 12.1 Å². The van der Waals surface area contributed by atoms with E-state index < -0.39 is 66.4 Å². The van der Waals surface area contributed by atoms with Crippen molar-refractivity contribution in [3.63, 3.8) is 0 Å². The molecule has 0 radical (unpaired) electrons. The van der Waals surface area contributed by atoms with E-state index in [4.69, 9.17) is 5.73 Å². The Bertz CT molecular complexity index is 1160. The fourth-order valence-corrected chi connectivity index (χ4v) is 3.84. The molecule has 1 aromatic carbocycles. The van der Waals surface area contributed by atoms with Gasteiger partial charge in [0.1, 0.15) is 24.2 Å². The Labute approximate surface area is 219 Å². The van der Waals surface area contributed by atoms with E-state index in [0.717, 1.165) is 10.9 Å². The highest BCUT2D eigenvalue weighted by molar-refractivity contribution is 5.96. The minimum atomic E-state index is -1.62. The summed E-state index contributed by atoms with van der Waals surface area (Å²) in [5, 5.41) is 36.3. The number of amides is 3. The number of aliphatic hydroxyl groups excluding tert-OH is 1. The van der Waals surface area contributed by atoms with Gasteiger partial charge in [0.25, 0.3) is 0 Å². The molecule has 13 nitrogen and oxygen atoms in total. The number of hydrogen-bond donors (Lipinski definition) is 8. The quantitative estimate of drug-likeness (QED) is 0.156. The number of aromatic nitrogens is 1. The first-order valence-corrected chi connectivity index (χ1v) is 12.1. The summed E-state index contributed by atoms with van der Waals surface area (Å²) in [5.41, 5.74) is 7.14. The van der Waals surface area contributed by atoms with Crippen LogP contribution < -0.4 is 21.7 Å². The number of para-hydroxylation sites is 1. The number of aliphatic carboxylic acids is 2. The number of hydrogen-bond acceptors (Lipinski definition) is 7. The first-order chi connectivity index (χ1) is 17.8. The van der Waals surface area contributed by atoms with Crippen molar-refractivity contribution in [2.45, 2.75) is 70.3 Å². The average molecular weight is 534 g/mol. The highest BCUT2D eigenvalue weighted by Gasteiger charge is 2.32. The second kappa shape index (κ2) is 13.5. The molecule has 0 bridgehead atoms. The Morgan fingerprint density at radius 1 is 0.895 bits per heavy atom. The maximum absolute atomic E-state index is 13.3. The maximum Gasteiger partial charge on any atom is 0.326 e. The van der Waals surface area contributed by atoms with Gasteiger partial charge in [-0.25, -0.2) is 4.79 Å². The van der Waals surface area contributed by atoms with Gasteiger partial charge in [-0.15, -0.1) is 0 Å². The van der Waals surface area contributed by atoms with E-state index >= 15 is 0 Å². The number of benzene rings is 1. The van der Waals surface area contributed by atoms with Crippen molar-refractivity contribution < 1.29 is 39.3 Å². The molecule has 1 aromatic heterocycles. The predicted octanol–water partition coefficient (Wildman–Crippen LogP) is -0.522. The molecule has 2 rings (SSSR count). The molecule has 5 atom stereocenters. The number of fused-ring (bicyclic) bond motifs is 1. The Balaban J connectivity index is 2.31. The molecule has 208 valence electrons. The standard InChI is InChI=1S/C25H35N5O8/c1-12(2)8-19(25(37)38)30-23(35)18(10-20(32)33)28-22(34)17(29-24(36)21(26)13(3)31)9-14-11-27-16-7-5-4-6-15(14)16/h4-7,11-13,17-19,21,27,31H,8-10,26H2,1-3H3,(H,28,34)(H,29,36)(H,30,35)(H,32,33)(H,37,38). The van der Waals surface area contributed by atoms with Crippen LogP contribution in [0.15, 0.2) is 30.5 Å². The summed E-state index contributed by atoms with van der Waals surface area (Å²) in [6.07, 6.45) is -0.360. The summed E-state index contributed by atoms with van der Waals surface area (Å²) in [5.74, 6) is -5.51. The molecule has 0 aliphatic rings. The fraction of sp³-hybridized carbons (Fsp3) is 0.480. The Kier molecular flexibility index (Phi) is 10.8. The van der Waals surface area contributed by atoms with Crippen LogP contribution in [-0.2, 0) is 30.4 Å². The first kappa shape index (κ1) is 30.3. The monoisotopic (exact) mass is 533 g/mol. The number of carboxylic acid groups (broad SMARTS) is 2. The minimum Gasteiger partial charge on any atom is -0.481 e. The van der Waals surface area contributed by atoms with E-state index in [1.54, 1.807) is 32.2 Å². The van der Waals surface area contributed by atoms with Crippen molar-refractivity contribution in [1.29, 1.82) is 0 Å². The fourth-order valence-electron chi connectivity index (χ4n) is 3.84. The van der Waals surface area contributed by atoms with Crippen LogP contribution in [0.25, 0.3) is 10.9 Å². The molecule has 0 aliphatic heterocycles. The summed E-state index contributed by atoms with van der Waals surface area (Å²) in [4.78, 5) is 64.8. The van der Waals surface area contributed by atoms with Gasteiger partial charge in [0.2, 0.25) is 17.7 Å². The number of carboxylic acids is 2. The third-order valence-corrected chi connectivity index (χ3v) is 5.89. The van der Waals surface area contributed by atoms with Gasteiger partial charge in [0, 0.05) is 23.5 Å². The van der Waals surface area contributed by atoms with E-state index in [9.17, 15) is 39.3 Å². The SMILES string of the molecule is CC(C)CC(NC(=O)C(CC(=O)O)NC(=O)C(Cc1c[nH]c2ccccc12)NC(=O)C(N)C(C)O)C(=O)O. The van der Waals surface area contributed by atoms with Gasteiger partial charge >= 0.3 is 11.9 Å². The van der Waals surface area contributed by atoms with Crippen LogP contribution in [0.5, 0.6) is 0 Å². The van der Waals surface area contributed by atoms with Gasteiger partial charge in [-0.2, -0.15) is 0 Å². The smallest absolute Gasteiger partial charge is 0.326 e. The number of carbonyl (C=O) groups excluding carboxylic acids is 3. The molecule has 2 aromatic rings. The van der Waals surface area contributed by atoms with Gasteiger partial charge in [-0.3, -0.25) is 19.2 Å². The van der Waals surface area contributed by atoms with Gasteiger partial charge in [-0.05, 0) is 30.9 Å². The second-order valence-electron chi connectivity index (χ2n) is 9.58. The number of nitrogens with two attached hydrogens (primary N) is 1. The molecule has 3 amide bonds. The van der Waals surface area contributed by atoms with Crippen LogP contribution in [0, 0.1) is 5.92 Å². The van der Waals surface area contributed by atoms with Crippen LogP contribution >= 0.6 is 0 Å². The average Bonchev–Trinajstić information content (AvgIpc) is 3.24. The van der Waals surface area contributed by atoms with Crippen LogP contribution in [0.1, 0.15) is 39.2 Å². The van der Waals surface area contributed by atoms with Crippen molar-refractivity contribution in [3.05, 3.63) is 36.0 Å². The summed E-state index contributed by atoms with van der Waals surface area (Å²) in [6, 6.07) is 1.66. The normalized spacial score (nSPS) is 15.2. The van der Waals surface area contributed by atoms with E-state index in [0.29, 0.717) is 5.56 Å². The Hall–Kier alpha value is -3.97. The molecule has 0 fully saturated rings. The molecule has 9 N–H and O–H groups in total. The topological polar surface area (TPSA) is 224 Å². The van der Waals surface area contributed by atoms with Gasteiger partial charge in [0.15, 0.2) is 0 Å². The second-order valence-corrected chi connectivity index (χ2v) is 9.58. The van der Waals surface area contributed by atoms with Crippen molar-refractivity contribution in [2.24, 2.45) is 11.7 Å². The molecule has 0 spiro atoms. The van der Waals surface area contributed by atoms with Gasteiger partial charge < -0.3 is 42.0 Å². The van der Waals surface area contributed by atoms with Crippen LogP contribution in [0.4, 0.5) is 0 Å². The van der Waals surface area contributed by atoms with Crippen LogP contribution in [0.3, 0.4) is 0 Å². The van der Waals surface area contributed by atoms with Crippen LogP contribution in [0.2, 0.25) is 0 Å². The van der Waals surface area contributed by atoms with Crippen molar-refractivity contribution in [1.82, 2.24) is 20.9 Å². The van der Waals surface area contributed by atoms with E-state index in [1.165, 1.54) is 6.92 Å². The van der Waals surface area contributed by atoms with E-state index in [2.05, 4.69) is 20.9 Å². The minimum absolute atomic E-state index is 0.0549. The highest BCUT2D eigenvalue weighted by Crippen LogP contribution is 2.19. The van der Waals surface area contributed by atoms with E-state index in [-0.39, 0.29) is 18.8 Å². The third-order valence-electron chi connectivity index (χ3n) is 5.89. The van der Waals surface area contributed by atoms with Gasteiger partial charge in [0.05, 0.1) is 12.5 Å². The third kappa shape index (κ3) is 8.56. The molecule has 0 saturated carbocycles. The molecule has 13 heteroatoms. The summed E-state index contributed by atoms with van der Waals surface area (Å²) in [6.45, 7) is 4.82. The number of carbonyl (C=O) groups is 5. The molecule has 0 saturated heterocycles. The van der Waals surface area contributed by atoms with Crippen molar-refractivity contribution in [3.8, 4) is 0 Å². The highest BCUT2D eigenvalue weighted by atomic mass is 16.4. The molecule has 5 unspecified atom stereocenters. The molecule has 1 heterocycles. The summed E-state index contributed by atoms with van der Waals surface area (Å²) in [7, 11) is 0. The summed E-state index contributed by atoms with van der Waals surface area (Å²) < 4.78 is 0. The lowest BCUT2D eigenvalue weighted by molar-refractivity contribution is -0.144. The Morgan fingerprint density at radius 2 is 1.47 bits per heavy atom. The molecule has 38 heavy (non-hydrogen) atoms. The predicted molar refractivity (Wildman–Crippen MR) is 137 cm³/mol. The number of H-pyrrole nitrogens is 1. The van der Waals surface area contributed by atoms with Gasteiger partial charge in [-0.1, -0.05) is 32.0 Å². The maximum atomic E-state index is 13.3.